The Labute approximate surface area is 328 Å². The summed E-state index contributed by atoms with van der Waals surface area (Å²) in [6.07, 6.45) is 5.80. The molecule has 10 rings (SSSR count). The SMILES string of the molecule is CC(=O)NC(C)(C)c1cn([C@H]2C[C@H](c3cc4c(C)nc5c(F)c(-c6cccc(Cl)c6Cl)c(CCC#N)cc5c4n3[C@H]3[C@H]4CN[C@@H]3C4)N(C(=O)C3CC3)C2)nn1. The number of halogens is 3. The van der Waals surface area contributed by atoms with Crippen LogP contribution in [0.4, 0.5) is 4.39 Å². The summed E-state index contributed by atoms with van der Waals surface area (Å²) in [5, 5.41) is 27.4. The van der Waals surface area contributed by atoms with Crippen LogP contribution in [0.15, 0.2) is 36.5 Å². The maximum atomic E-state index is 17.3. The molecule has 3 aromatic heterocycles. The number of hydrogen-bond acceptors (Lipinski definition) is 7. The summed E-state index contributed by atoms with van der Waals surface area (Å²) in [7, 11) is 0. The smallest absolute Gasteiger partial charge is 0.226 e. The van der Waals surface area contributed by atoms with Gasteiger partial charge in [0.1, 0.15) is 11.2 Å². The van der Waals surface area contributed by atoms with Gasteiger partial charge in [0.05, 0.1) is 51.5 Å². The molecule has 2 N–H and O–H groups in total. The number of carbonyl (C=O) groups is 2. The van der Waals surface area contributed by atoms with Crippen molar-refractivity contribution in [2.24, 2.45) is 11.8 Å². The maximum absolute atomic E-state index is 17.3. The fraction of sp³-hybridized carbons (Fsp3) is 0.463. The van der Waals surface area contributed by atoms with Crippen molar-refractivity contribution in [3.05, 3.63) is 75.0 Å². The van der Waals surface area contributed by atoms with Crippen LogP contribution in [0.2, 0.25) is 10.0 Å². The number of amides is 2. The lowest BCUT2D eigenvalue weighted by Gasteiger charge is -2.39. The lowest BCUT2D eigenvalue weighted by atomic mass is 9.79. The van der Waals surface area contributed by atoms with Gasteiger partial charge in [0, 0.05) is 71.7 Å². The predicted molar refractivity (Wildman–Crippen MR) is 208 cm³/mol. The van der Waals surface area contributed by atoms with E-state index in [2.05, 4.69) is 37.6 Å². The summed E-state index contributed by atoms with van der Waals surface area (Å²) in [5.74, 6) is -0.130. The molecule has 2 amide bonds. The molecule has 14 heteroatoms. The van der Waals surface area contributed by atoms with Crippen LogP contribution in [0, 0.1) is 35.9 Å². The number of likely N-dealkylation sites (tertiary alicyclic amines) is 1. The normalized spacial score (nSPS) is 23.4. The zero-order valence-corrected chi connectivity index (χ0v) is 32.7. The van der Waals surface area contributed by atoms with E-state index in [1.165, 1.54) is 6.92 Å². The molecule has 2 aliphatic carbocycles. The first-order valence-electron chi connectivity index (χ1n) is 19.1. The van der Waals surface area contributed by atoms with E-state index in [4.69, 9.17) is 28.2 Å². The van der Waals surface area contributed by atoms with Crippen molar-refractivity contribution < 1.29 is 14.0 Å². The second kappa shape index (κ2) is 13.3. The summed E-state index contributed by atoms with van der Waals surface area (Å²) < 4.78 is 21.5. The number of fused-ring (bicyclic) bond motifs is 4. The van der Waals surface area contributed by atoms with Crippen LogP contribution in [0.1, 0.15) is 93.6 Å². The Morgan fingerprint density at radius 3 is 2.65 bits per heavy atom. The van der Waals surface area contributed by atoms with Gasteiger partial charge in [-0.1, -0.05) is 40.5 Å². The van der Waals surface area contributed by atoms with E-state index in [1.54, 1.807) is 18.2 Å². The Kier molecular flexibility index (Phi) is 8.72. The van der Waals surface area contributed by atoms with E-state index in [0.29, 0.717) is 63.8 Å². The van der Waals surface area contributed by atoms with Gasteiger partial charge in [0.15, 0.2) is 5.82 Å². The van der Waals surface area contributed by atoms with E-state index < -0.39 is 11.4 Å². The lowest BCUT2D eigenvalue weighted by Crippen LogP contribution is -2.41. The van der Waals surface area contributed by atoms with Crippen LogP contribution in [0.3, 0.4) is 0 Å². The maximum Gasteiger partial charge on any atom is 0.226 e. The third-order valence-corrected chi connectivity index (χ3v) is 13.1. The molecule has 5 fully saturated rings. The minimum absolute atomic E-state index is 0.00314. The van der Waals surface area contributed by atoms with Crippen molar-refractivity contribution >= 4 is 56.8 Å². The summed E-state index contributed by atoms with van der Waals surface area (Å²) in [4.78, 5) is 33.1. The van der Waals surface area contributed by atoms with Crippen LogP contribution < -0.4 is 10.6 Å². The first-order chi connectivity index (χ1) is 26.4. The topological polar surface area (TPSA) is 134 Å². The van der Waals surface area contributed by atoms with Gasteiger partial charge in [-0.25, -0.2) is 14.1 Å². The number of carbonyl (C=O) groups excluding carboxylic acids is 2. The highest BCUT2D eigenvalue weighted by molar-refractivity contribution is 6.43. The molecule has 2 saturated carbocycles. The van der Waals surface area contributed by atoms with E-state index in [-0.39, 0.29) is 58.9 Å². The largest absolute Gasteiger partial charge is 0.346 e. The summed E-state index contributed by atoms with van der Waals surface area (Å²) in [6, 6.07) is 11.5. The summed E-state index contributed by atoms with van der Waals surface area (Å²) in [5.41, 5.74) is 4.15. The fourth-order valence-electron chi connectivity index (χ4n) is 9.44. The lowest BCUT2D eigenvalue weighted by molar-refractivity contribution is -0.133. The second-order valence-electron chi connectivity index (χ2n) is 16.3. The predicted octanol–water partition coefficient (Wildman–Crippen LogP) is 7.49. The number of nitrogens with zero attached hydrogens (tertiary/aromatic N) is 7. The molecule has 0 unspecified atom stereocenters. The summed E-state index contributed by atoms with van der Waals surface area (Å²) >= 11 is 13.1. The van der Waals surface area contributed by atoms with Gasteiger partial charge in [0.2, 0.25) is 11.8 Å². The van der Waals surface area contributed by atoms with Crippen molar-refractivity contribution in [3.63, 3.8) is 0 Å². The van der Waals surface area contributed by atoms with Gasteiger partial charge in [-0.05, 0) is 82.6 Å². The average Bonchev–Trinajstić information content (AvgIpc) is 3.64. The van der Waals surface area contributed by atoms with Crippen LogP contribution in [-0.4, -0.2) is 60.4 Å². The van der Waals surface area contributed by atoms with Crippen molar-refractivity contribution in [2.45, 2.75) is 95.9 Å². The minimum atomic E-state index is -0.723. The number of aromatic nitrogens is 5. The number of pyridine rings is 1. The van der Waals surface area contributed by atoms with Gasteiger partial charge in [-0.2, -0.15) is 5.26 Å². The highest BCUT2D eigenvalue weighted by Gasteiger charge is 2.51. The number of nitriles is 1. The molecule has 3 aliphatic heterocycles. The first-order valence-corrected chi connectivity index (χ1v) is 19.8. The fourth-order valence-corrected chi connectivity index (χ4v) is 9.83. The molecule has 11 nitrogen and oxygen atoms in total. The summed E-state index contributed by atoms with van der Waals surface area (Å²) in [6.45, 7) is 8.54. The monoisotopic (exact) mass is 781 g/mol. The molecule has 284 valence electrons. The number of benzene rings is 2. The Bertz CT molecular complexity index is 2450. The Balaban J connectivity index is 1.24. The van der Waals surface area contributed by atoms with Crippen LogP contribution in [0.25, 0.3) is 32.9 Å². The number of nitrogens with one attached hydrogen (secondary N) is 2. The zero-order chi connectivity index (χ0) is 38.5. The molecule has 55 heavy (non-hydrogen) atoms. The third-order valence-electron chi connectivity index (χ3n) is 12.3. The van der Waals surface area contributed by atoms with Gasteiger partial charge in [-0.15, -0.1) is 5.10 Å². The van der Waals surface area contributed by atoms with Gasteiger partial charge in [-0.3, -0.25) is 9.59 Å². The van der Waals surface area contributed by atoms with Gasteiger partial charge < -0.3 is 20.1 Å². The van der Waals surface area contributed by atoms with Crippen molar-refractivity contribution in [1.29, 1.82) is 5.26 Å². The highest BCUT2D eigenvalue weighted by Crippen LogP contribution is 2.52. The highest BCUT2D eigenvalue weighted by atomic mass is 35.5. The molecule has 0 radical (unpaired) electrons. The molecule has 0 spiro atoms. The number of hydrogen-bond donors (Lipinski definition) is 2. The van der Waals surface area contributed by atoms with Crippen molar-refractivity contribution in [1.82, 2.24) is 40.1 Å². The number of rotatable bonds is 9. The Hall–Kier alpha value is -4.57. The minimum Gasteiger partial charge on any atom is -0.346 e. The molecule has 6 heterocycles. The molecular formula is C41H42Cl2FN9O2. The molecule has 3 saturated heterocycles. The van der Waals surface area contributed by atoms with Crippen molar-refractivity contribution in [3.8, 4) is 17.2 Å². The Morgan fingerprint density at radius 2 is 1.96 bits per heavy atom. The molecule has 5 aromatic rings. The standard InChI is InChI=1S/C41H42Cl2FN9O2/c1-20-27-16-32(31-15-25(18-51(31)40(55)22-10-11-22)52-19-33(49-50-52)41(3,4)48-21(2)54)53(38-24-14-30(38)46-17-24)39(27)28-13-23(7-6-12-45)34(36(44)37(28)47-20)26-8-5-9-29(42)35(26)43/h5,8-9,13,16,19,22,24-25,30-31,38,46H,6-7,10-11,14-15,17-18H2,1-4H3,(H,48,54)/t24-,25+,30-,31-,38+/m1/s1. The molecule has 2 bridgehead atoms. The zero-order valence-electron chi connectivity index (χ0n) is 31.2. The number of aryl methyl sites for hydroxylation is 2. The third kappa shape index (κ3) is 5.89. The van der Waals surface area contributed by atoms with E-state index in [1.807, 2.05) is 42.6 Å². The molecule has 5 aliphatic rings. The van der Waals surface area contributed by atoms with Gasteiger partial charge in [0.25, 0.3) is 0 Å². The first kappa shape index (κ1) is 36.1. The van der Waals surface area contributed by atoms with E-state index >= 15 is 4.39 Å². The van der Waals surface area contributed by atoms with Gasteiger partial charge >= 0.3 is 0 Å². The van der Waals surface area contributed by atoms with Crippen LogP contribution in [0.5, 0.6) is 0 Å². The quantitative estimate of drug-likeness (QED) is 0.158. The van der Waals surface area contributed by atoms with E-state index in [9.17, 15) is 14.9 Å². The molecule has 2 aromatic carbocycles. The second-order valence-corrected chi connectivity index (χ2v) is 17.1. The van der Waals surface area contributed by atoms with Crippen molar-refractivity contribution in [2.75, 3.05) is 13.1 Å². The molecule has 5 atom stereocenters. The van der Waals surface area contributed by atoms with Crippen LogP contribution in [-0.2, 0) is 21.5 Å². The molecular weight excluding hydrogens is 740 g/mol. The van der Waals surface area contributed by atoms with Crippen LogP contribution >= 0.6 is 23.2 Å². The van der Waals surface area contributed by atoms with E-state index in [0.717, 1.165) is 42.4 Å². The average molecular weight is 783 g/mol. The Morgan fingerprint density at radius 1 is 1.16 bits per heavy atom.